The summed E-state index contributed by atoms with van der Waals surface area (Å²) in [6, 6.07) is 7.99. The van der Waals surface area contributed by atoms with E-state index in [0.29, 0.717) is 19.1 Å². The molecule has 1 unspecified atom stereocenters. The van der Waals surface area contributed by atoms with Crippen LogP contribution < -0.4 is 4.74 Å². The van der Waals surface area contributed by atoms with E-state index in [9.17, 15) is 5.11 Å². The van der Waals surface area contributed by atoms with Crippen LogP contribution in [0, 0.1) is 0 Å². The van der Waals surface area contributed by atoms with Crippen molar-refractivity contribution < 1.29 is 9.84 Å². The van der Waals surface area contributed by atoms with E-state index >= 15 is 0 Å². The molecule has 0 bridgehead atoms. The van der Waals surface area contributed by atoms with Gasteiger partial charge < -0.3 is 14.4 Å². The zero-order valence-electron chi connectivity index (χ0n) is 12.3. The lowest BCUT2D eigenvalue weighted by atomic mass is 10.1. The van der Waals surface area contributed by atoms with Gasteiger partial charge in [-0.05, 0) is 26.3 Å². The van der Waals surface area contributed by atoms with Gasteiger partial charge in [-0.15, -0.1) is 0 Å². The number of benzene rings is 1. The number of aliphatic hydroxyl groups excluding tert-OH is 1. The van der Waals surface area contributed by atoms with Gasteiger partial charge in [-0.3, -0.25) is 0 Å². The van der Waals surface area contributed by atoms with Gasteiger partial charge in [-0.1, -0.05) is 25.1 Å². The van der Waals surface area contributed by atoms with Crippen LogP contribution in [0.3, 0.4) is 0 Å². The van der Waals surface area contributed by atoms with Gasteiger partial charge in [-0.25, -0.2) is 4.98 Å². The molecule has 20 heavy (non-hydrogen) atoms. The fourth-order valence-electron chi connectivity index (χ4n) is 2.17. The molecule has 4 heteroatoms. The van der Waals surface area contributed by atoms with Crippen LogP contribution in [-0.2, 0) is 6.61 Å². The first kappa shape index (κ1) is 14.6. The van der Waals surface area contributed by atoms with Crippen molar-refractivity contribution in [2.45, 2.75) is 45.9 Å². The van der Waals surface area contributed by atoms with Gasteiger partial charge in [0, 0.05) is 11.6 Å². The summed E-state index contributed by atoms with van der Waals surface area (Å²) in [6.07, 6.45) is 3.82. The number of aromatic nitrogens is 2. The summed E-state index contributed by atoms with van der Waals surface area (Å²) in [5, 5.41) is 10.0. The second kappa shape index (κ2) is 6.57. The molecule has 1 N–H and O–H groups in total. The third-order valence-corrected chi connectivity index (χ3v) is 3.34. The first-order chi connectivity index (χ1) is 9.63. The largest absolute Gasteiger partial charge is 0.487 e. The molecule has 0 amide bonds. The van der Waals surface area contributed by atoms with Crippen LogP contribution in [0.1, 0.15) is 50.6 Å². The van der Waals surface area contributed by atoms with Crippen molar-refractivity contribution in [2.24, 2.45) is 0 Å². The summed E-state index contributed by atoms with van der Waals surface area (Å²) in [6.45, 7) is 6.63. The summed E-state index contributed by atoms with van der Waals surface area (Å²) in [7, 11) is 0. The molecule has 0 aliphatic rings. The second-order valence-corrected chi connectivity index (χ2v) is 5.14. The Morgan fingerprint density at radius 1 is 1.30 bits per heavy atom. The van der Waals surface area contributed by atoms with E-state index in [-0.39, 0.29) is 0 Å². The van der Waals surface area contributed by atoms with E-state index in [0.717, 1.165) is 17.0 Å². The van der Waals surface area contributed by atoms with E-state index in [4.69, 9.17) is 4.74 Å². The van der Waals surface area contributed by atoms with Crippen LogP contribution in [0.25, 0.3) is 0 Å². The lowest BCUT2D eigenvalue weighted by Gasteiger charge is -2.16. The molecule has 0 radical (unpaired) electrons. The van der Waals surface area contributed by atoms with Gasteiger partial charge in [0.15, 0.2) is 0 Å². The Kier molecular flexibility index (Phi) is 4.79. The number of nitrogens with zero attached hydrogens (tertiary/aromatic N) is 2. The highest BCUT2D eigenvalue weighted by Gasteiger charge is 2.12. The molecule has 0 fully saturated rings. The molecule has 0 aliphatic carbocycles. The van der Waals surface area contributed by atoms with Crippen LogP contribution in [0.15, 0.2) is 36.8 Å². The third-order valence-electron chi connectivity index (χ3n) is 3.34. The van der Waals surface area contributed by atoms with Gasteiger partial charge in [0.1, 0.15) is 12.4 Å². The number of ether oxygens (including phenoxy) is 1. The van der Waals surface area contributed by atoms with E-state index < -0.39 is 6.10 Å². The Morgan fingerprint density at radius 2 is 2.05 bits per heavy atom. The Labute approximate surface area is 120 Å². The molecule has 108 valence electrons. The summed E-state index contributed by atoms with van der Waals surface area (Å²) in [5.74, 6) is 0.735. The van der Waals surface area contributed by atoms with Crippen LogP contribution in [0.2, 0.25) is 0 Å². The number of hydrogen-bond acceptors (Lipinski definition) is 3. The van der Waals surface area contributed by atoms with Gasteiger partial charge >= 0.3 is 0 Å². The quantitative estimate of drug-likeness (QED) is 0.877. The lowest BCUT2D eigenvalue weighted by molar-refractivity contribution is 0.166. The fourth-order valence-corrected chi connectivity index (χ4v) is 2.17. The zero-order chi connectivity index (χ0) is 14.5. The molecule has 1 heterocycles. The van der Waals surface area contributed by atoms with Crippen molar-refractivity contribution in [2.75, 3.05) is 0 Å². The zero-order valence-corrected chi connectivity index (χ0v) is 12.3. The average Bonchev–Trinajstić information content (AvgIpc) is 2.93. The normalized spacial score (nSPS) is 12.7. The van der Waals surface area contributed by atoms with Gasteiger partial charge in [0.2, 0.25) is 0 Å². The standard InChI is InChI=1S/C16H22N2O2/c1-4-15(19)14-7-5-6-8-16(14)20-10-13-9-17-11-18(13)12(2)3/h5-9,11-12,15,19H,4,10H2,1-3H3. The first-order valence-electron chi connectivity index (χ1n) is 7.04. The molecule has 2 rings (SSSR count). The highest BCUT2D eigenvalue weighted by Crippen LogP contribution is 2.27. The van der Waals surface area contributed by atoms with Crippen LogP contribution >= 0.6 is 0 Å². The Hall–Kier alpha value is -1.81. The summed E-state index contributed by atoms with van der Waals surface area (Å²) in [4.78, 5) is 4.16. The smallest absolute Gasteiger partial charge is 0.130 e. The van der Waals surface area contributed by atoms with E-state index in [1.807, 2.05) is 43.7 Å². The number of para-hydroxylation sites is 1. The monoisotopic (exact) mass is 274 g/mol. The molecule has 0 aliphatic heterocycles. The average molecular weight is 274 g/mol. The maximum absolute atomic E-state index is 10.0. The minimum Gasteiger partial charge on any atom is -0.487 e. The minimum absolute atomic E-state index is 0.354. The van der Waals surface area contributed by atoms with Gasteiger partial charge in [0.25, 0.3) is 0 Å². The number of hydrogen-bond donors (Lipinski definition) is 1. The predicted octanol–water partition coefficient (Wildman–Crippen LogP) is 3.49. The van der Waals surface area contributed by atoms with Crippen LogP contribution in [-0.4, -0.2) is 14.7 Å². The molecule has 1 atom stereocenters. The Bertz CT molecular complexity index is 549. The molecule has 0 saturated heterocycles. The molecule has 2 aromatic rings. The van der Waals surface area contributed by atoms with E-state index in [1.165, 1.54) is 0 Å². The Morgan fingerprint density at radius 3 is 2.75 bits per heavy atom. The van der Waals surface area contributed by atoms with Crippen LogP contribution in [0.5, 0.6) is 5.75 Å². The molecular weight excluding hydrogens is 252 g/mol. The van der Waals surface area contributed by atoms with Crippen molar-refractivity contribution in [3.8, 4) is 5.75 Å². The van der Waals surface area contributed by atoms with Crippen molar-refractivity contribution in [3.63, 3.8) is 0 Å². The van der Waals surface area contributed by atoms with Gasteiger partial charge in [-0.2, -0.15) is 0 Å². The molecule has 0 spiro atoms. The van der Waals surface area contributed by atoms with Crippen molar-refractivity contribution >= 4 is 0 Å². The van der Waals surface area contributed by atoms with E-state index in [2.05, 4.69) is 23.4 Å². The Balaban J connectivity index is 2.13. The van der Waals surface area contributed by atoms with Crippen molar-refractivity contribution in [3.05, 3.63) is 48.0 Å². The van der Waals surface area contributed by atoms with Crippen molar-refractivity contribution in [1.29, 1.82) is 0 Å². The topological polar surface area (TPSA) is 47.3 Å². The summed E-state index contributed by atoms with van der Waals surface area (Å²) in [5.41, 5.74) is 1.87. The second-order valence-electron chi connectivity index (χ2n) is 5.14. The minimum atomic E-state index is -0.485. The molecule has 4 nitrogen and oxygen atoms in total. The number of imidazole rings is 1. The summed E-state index contributed by atoms with van der Waals surface area (Å²) < 4.78 is 7.96. The summed E-state index contributed by atoms with van der Waals surface area (Å²) >= 11 is 0. The van der Waals surface area contributed by atoms with Crippen LogP contribution in [0.4, 0.5) is 0 Å². The maximum atomic E-state index is 10.0. The molecular formula is C16H22N2O2. The van der Waals surface area contributed by atoms with Crippen molar-refractivity contribution in [1.82, 2.24) is 9.55 Å². The fraction of sp³-hybridized carbons (Fsp3) is 0.438. The molecule has 0 saturated carbocycles. The number of rotatable bonds is 6. The first-order valence-corrected chi connectivity index (χ1v) is 7.04. The molecule has 1 aromatic carbocycles. The van der Waals surface area contributed by atoms with Gasteiger partial charge in [0.05, 0.1) is 24.3 Å². The SMILES string of the molecule is CCC(O)c1ccccc1OCc1cncn1C(C)C. The predicted molar refractivity (Wildman–Crippen MR) is 78.6 cm³/mol. The maximum Gasteiger partial charge on any atom is 0.130 e. The van der Waals surface area contributed by atoms with E-state index in [1.54, 1.807) is 0 Å². The highest BCUT2D eigenvalue weighted by molar-refractivity contribution is 5.35. The molecule has 1 aromatic heterocycles. The lowest BCUT2D eigenvalue weighted by Crippen LogP contribution is -2.08. The third kappa shape index (κ3) is 3.20. The number of aliphatic hydroxyl groups is 1. The highest BCUT2D eigenvalue weighted by atomic mass is 16.5.